The molecular formula is C24H34O. The average molecular weight is 339 g/mol. The van der Waals surface area contributed by atoms with Gasteiger partial charge in [-0.1, -0.05) is 56.7 Å². The van der Waals surface area contributed by atoms with E-state index in [1.165, 1.54) is 32.1 Å². The Morgan fingerprint density at radius 1 is 1.24 bits per heavy atom. The van der Waals surface area contributed by atoms with Gasteiger partial charge in [-0.3, -0.25) is 0 Å². The highest BCUT2D eigenvalue weighted by Gasteiger charge is 2.53. The van der Waals surface area contributed by atoms with E-state index in [9.17, 15) is 0 Å². The van der Waals surface area contributed by atoms with Crippen LogP contribution in [0.2, 0.25) is 0 Å². The predicted molar refractivity (Wildman–Crippen MR) is 105 cm³/mol. The minimum atomic E-state index is 0.428. The van der Waals surface area contributed by atoms with Crippen LogP contribution >= 0.6 is 0 Å². The first-order valence-electron chi connectivity index (χ1n) is 10.5. The van der Waals surface area contributed by atoms with Gasteiger partial charge in [0, 0.05) is 6.61 Å². The monoisotopic (exact) mass is 338 g/mol. The molecule has 1 aromatic rings. The highest BCUT2D eigenvalue weighted by atomic mass is 16.5. The normalized spacial score (nSPS) is 38.3. The third-order valence-electron chi connectivity index (χ3n) is 7.63. The van der Waals surface area contributed by atoms with Crippen LogP contribution in [0.1, 0.15) is 69.9 Å². The molecule has 0 saturated heterocycles. The summed E-state index contributed by atoms with van der Waals surface area (Å²) in [6.07, 6.45) is 10.3. The van der Waals surface area contributed by atoms with Gasteiger partial charge in [-0.2, -0.15) is 0 Å². The Labute approximate surface area is 153 Å². The van der Waals surface area contributed by atoms with Crippen LogP contribution in [0, 0.1) is 23.2 Å². The lowest BCUT2D eigenvalue weighted by atomic mass is 9.52. The summed E-state index contributed by atoms with van der Waals surface area (Å²) in [4.78, 5) is 0. The quantitative estimate of drug-likeness (QED) is 0.473. The van der Waals surface area contributed by atoms with Crippen LogP contribution < -0.4 is 0 Å². The van der Waals surface area contributed by atoms with Gasteiger partial charge in [0.2, 0.25) is 0 Å². The van der Waals surface area contributed by atoms with E-state index in [-0.39, 0.29) is 0 Å². The van der Waals surface area contributed by atoms with Crippen molar-refractivity contribution < 1.29 is 4.74 Å². The highest BCUT2D eigenvalue weighted by molar-refractivity contribution is 5.37. The average Bonchev–Trinajstić information content (AvgIpc) is 2.95. The molecule has 0 N–H and O–H groups in total. The maximum Gasteiger partial charge on any atom is 0.0650 e. The number of hydrogen-bond donors (Lipinski definition) is 0. The topological polar surface area (TPSA) is 9.23 Å². The second-order valence-corrected chi connectivity index (χ2v) is 8.97. The van der Waals surface area contributed by atoms with Gasteiger partial charge in [0.25, 0.3) is 0 Å². The lowest BCUT2D eigenvalue weighted by molar-refractivity contribution is 0.0485. The van der Waals surface area contributed by atoms with Crippen molar-refractivity contribution in [1.82, 2.24) is 0 Å². The molecule has 0 bridgehead atoms. The molecule has 0 spiro atoms. The molecule has 25 heavy (non-hydrogen) atoms. The molecular weight excluding hydrogens is 304 g/mol. The highest BCUT2D eigenvalue weighted by Crippen LogP contribution is 2.63. The molecule has 1 aromatic carbocycles. The van der Waals surface area contributed by atoms with E-state index in [0.29, 0.717) is 5.41 Å². The van der Waals surface area contributed by atoms with E-state index < -0.39 is 0 Å². The second-order valence-electron chi connectivity index (χ2n) is 8.97. The number of ether oxygens (including phenoxy) is 1. The van der Waals surface area contributed by atoms with Gasteiger partial charge in [-0.25, -0.2) is 0 Å². The Kier molecular flexibility index (Phi) is 4.79. The first-order valence-corrected chi connectivity index (χ1v) is 10.5. The minimum Gasteiger partial charge on any atom is -0.377 e. The van der Waals surface area contributed by atoms with Crippen LogP contribution in [-0.4, -0.2) is 13.2 Å². The molecule has 2 fully saturated rings. The Morgan fingerprint density at radius 2 is 2.08 bits per heavy atom. The van der Waals surface area contributed by atoms with Gasteiger partial charge in [-0.05, 0) is 78.7 Å². The molecule has 0 amide bonds. The molecule has 136 valence electrons. The molecule has 0 heterocycles. The molecule has 1 nitrogen and oxygen atoms in total. The van der Waals surface area contributed by atoms with Crippen LogP contribution in [0.4, 0.5) is 0 Å². The maximum atomic E-state index is 5.77. The van der Waals surface area contributed by atoms with Gasteiger partial charge in [0.15, 0.2) is 0 Å². The SMILES string of the molecule is CCCOC/C=C1\CCC2C3C(CC[C@]12C)c1ccccc1C[C@H]3C. The molecule has 4 rings (SSSR count). The molecule has 1 heteroatoms. The van der Waals surface area contributed by atoms with Gasteiger partial charge in [-0.15, -0.1) is 0 Å². The second kappa shape index (κ2) is 6.91. The van der Waals surface area contributed by atoms with Crippen molar-refractivity contribution >= 4 is 0 Å². The molecule has 3 aliphatic rings. The summed E-state index contributed by atoms with van der Waals surface area (Å²) in [6, 6.07) is 9.28. The molecule has 3 unspecified atom stereocenters. The van der Waals surface area contributed by atoms with Crippen LogP contribution in [-0.2, 0) is 11.2 Å². The summed E-state index contributed by atoms with van der Waals surface area (Å²) < 4.78 is 5.77. The summed E-state index contributed by atoms with van der Waals surface area (Å²) in [5, 5.41) is 0. The van der Waals surface area contributed by atoms with E-state index in [2.05, 4.69) is 51.1 Å². The van der Waals surface area contributed by atoms with E-state index in [1.54, 1.807) is 16.7 Å². The summed E-state index contributed by atoms with van der Waals surface area (Å²) in [5.74, 6) is 3.36. The number of hydrogen-bond acceptors (Lipinski definition) is 1. The lowest BCUT2D eigenvalue weighted by Gasteiger charge is -2.52. The summed E-state index contributed by atoms with van der Waals surface area (Å²) in [6.45, 7) is 8.98. The fraction of sp³-hybridized carbons (Fsp3) is 0.667. The maximum absolute atomic E-state index is 5.77. The van der Waals surface area contributed by atoms with Gasteiger partial charge in [0.05, 0.1) is 6.61 Å². The number of benzene rings is 1. The zero-order valence-corrected chi connectivity index (χ0v) is 16.3. The van der Waals surface area contributed by atoms with Gasteiger partial charge in [0.1, 0.15) is 0 Å². The zero-order chi connectivity index (χ0) is 17.4. The third kappa shape index (κ3) is 2.89. The first kappa shape index (κ1) is 17.3. The van der Waals surface area contributed by atoms with Crippen LogP contribution in [0.15, 0.2) is 35.9 Å². The first-order chi connectivity index (χ1) is 12.1. The number of rotatable bonds is 4. The fourth-order valence-corrected chi connectivity index (χ4v) is 6.49. The molecule has 0 radical (unpaired) electrons. The van der Waals surface area contributed by atoms with Crippen molar-refractivity contribution in [2.24, 2.45) is 23.2 Å². The molecule has 0 aromatic heterocycles. The summed E-state index contributed by atoms with van der Waals surface area (Å²) in [5.41, 5.74) is 5.44. The zero-order valence-electron chi connectivity index (χ0n) is 16.3. The lowest BCUT2D eigenvalue weighted by Crippen LogP contribution is -2.43. The summed E-state index contributed by atoms with van der Waals surface area (Å²) in [7, 11) is 0. The standard InChI is InChI=1S/C24H34O/c1-4-14-25-15-12-19-9-10-22-23-17(2)16-18-7-5-6-8-20(18)21(23)11-13-24(19,22)3/h5-8,12,17,21-23H,4,9-11,13-16H2,1-3H3/b19-12+/t17-,21?,22?,23?,24-/m1/s1. The van der Waals surface area contributed by atoms with Crippen LogP contribution in [0.25, 0.3) is 0 Å². The Bertz CT molecular complexity index is 645. The van der Waals surface area contributed by atoms with Crippen molar-refractivity contribution in [3.63, 3.8) is 0 Å². The van der Waals surface area contributed by atoms with Gasteiger partial charge >= 0.3 is 0 Å². The number of allylic oxidation sites excluding steroid dienone is 1. The molecule has 5 atom stereocenters. The van der Waals surface area contributed by atoms with Crippen molar-refractivity contribution in [1.29, 1.82) is 0 Å². The molecule has 2 saturated carbocycles. The summed E-state index contributed by atoms with van der Waals surface area (Å²) >= 11 is 0. The Hall–Kier alpha value is -1.08. The smallest absolute Gasteiger partial charge is 0.0650 e. The largest absolute Gasteiger partial charge is 0.377 e. The fourth-order valence-electron chi connectivity index (χ4n) is 6.49. The minimum absolute atomic E-state index is 0.428. The van der Waals surface area contributed by atoms with Crippen LogP contribution in [0.3, 0.4) is 0 Å². The number of fused-ring (bicyclic) bond motifs is 5. The Morgan fingerprint density at radius 3 is 2.92 bits per heavy atom. The van der Waals surface area contributed by atoms with Crippen LogP contribution in [0.5, 0.6) is 0 Å². The van der Waals surface area contributed by atoms with Gasteiger partial charge < -0.3 is 4.74 Å². The van der Waals surface area contributed by atoms with Crippen molar-refractivity contribution in [3.8, 4) is 0 Å². The van der Waals surface area contributed by atoms with E-state index in [4.69, 9.17) is 4.74 Å². The van der Waals surface area contributed by atoms with Crippen molar-refractivity contribution in [2.45, 2.75) is 65.2 Å². The van der Waals surface area contributed by atoms with E-state index in [0.717, 1.165) is 43.3 Å². The third-order valence-corrected chi connectivity index (χ3v) is 7.63. The van der Waals surface area contributed by atoms with Crippen molar-refractivity contribution in [2.75, 3.05) is 13.2 Å². The Balaban J connectivity index is 1.59. The van der Waals surface area contributed by atoms with Crippen molar-refractivity contribution in [3.05, 3.63) is 47.0 Å². The van der Waals surface area contributed by atoms with E-state index in [1.807, 2.05) is 0 Å². The predicted octanol–water partition coefficient (Wildman–Crippen LogP) is 6.14. The molecule has 3 aliphatic carbocycles. The molecule has 0 aliphatic heterocycles. The van der Waals surface area contributed by atoms with E-state index >= 15 is 0 Å².